The summed E-state index contributed by atoms with van der Waals surface area (Å²) in [5, 5.41) is 0. The molecular formula is C13H20O. The Morgan fingerprint density at radius 1 is 1.14 bits per heavy atom. The van der Waals surface area contributed by atoms with Crippen LogP contribution in [0.15, 0.2) is 0 Å². The fourth-order valence-electron chi connectivity index (χ4n) is 4.80. The summed E-state index contributed by atoms with van der Waals surface area (Å²) >= 11 is 0. The summed E-state index contributed by atoms with van der Waals surface area (Å²) in [6.45, 7) is 2.46. The molecule has 0 aromatic heterocycles. The van der Waals surface area contributed by atoms with Crippen molar-refractivity contribution in [2.45, 2.75) is 58.3 Å². The summed E-state index contributed by atoms with van der Waals surface area (Å²) in [6, 6.07) is 0. The first-order chi connectivity index (χ1) is 6.68. The quantitative estimate of drug-likeness (QED) is 0.575. The molecule has 3 rings (SSSR count). The lowest BCUT2D eigenvalue weighted by atomic mass is 9.57. The number of ketones is 1. The summed E-state index contributed by atoms with van der Waals surface area (Å²) in [4.78, 5) is 11.8. The van der Waals surface area contributed by atoms with Crippen molar-refractivity contribution >= 4 is 5.78 Å². The highest BCUT2D eigenvalue weighted by Gasteiger charge is 2.62. The summed E-state index contributed by atoms with van der Waals surface area (Å²) in [7, 11) is 0. The summed E-state index contributed by atoms with van der Waals surface area (Å²) < 4.78 is 0. The van der Waals surface area contributed by atoms with E-state index in [2.05, 4.69) is 6.92 Å². The number of rotatable bonds is 0. The molecule has 3 fully saturated rings. The molecule has 3 aliphatic carbocycles. The van der Waals surface area contributed by atoms with E-state index in [0.717, 1.165) is 6.42 Å². The van der Waals surface area contributed by atoms with E-state index in [4.69, 9.17) is 0 Å². The first-order valence-corrected chi connectivity index (χ1v) is 6.21. The van der Waals surface area contributed by atoms with Crippen LogP contribution in [0.25, 0.3) is 0 Å². The molecule has 0 unspecified atom stereocenters. The number of Topliss-reactive ketones (excluding diaryl/α,β-unsaturated/α-hetero) is 1. The Morgan fingerprint density at radius 2 is 1.93 bits per heavy atom. The highest BCUT2D eigenvalue weighted by Crippen LogP contribution is 2.68. The molecule has 0 heterocycles. The maximum atomic E-state index is 11.8. The molecule has 3 aliphatic rings. The van der Waals surface area contributed by atoms with E-state index in [0.29, 0.717) is 22.5 Å². The smallest absolute Gasteiger partial charge is 0.136 e. The van der Waals surface area contributed by atoms with Gasteiger partial charge in [0, 0.05) is 12.3 Å². The Morgan fingerprint density at radius 3 is 2.79 bits per heavy atom. The van der Waals surface area contributed by atoms with E-state index in [9.17, 15) is 4.79 Å². The van der Waals surface area contributed by atoms with E-state index in [-0.39, 0.29) is 0 Å². The highest BCUT2D eigenvalue weighted by atomic mass is 16.1. The molecule has 1 nitrogen and oxygen atoms in total. The van der Waals surface area contributed by atoms with Crippen LogP contribution >= 0.6 is 0 Å². The molecule has 0 aromatic rings. The zero-order chi connectivity index (χ0) is 9.81. The molecule has 0 saturated heterocycles. The van der Waals surface area contributed by atoms with Crippen LogP contribution in [-0.2, 0) is 4.79 Å². The predicted molar refractivity (Wildman–Crippen MR) is 56.0 cm³/mol. The molecule has 3 saturated carbocycles. The Kier molecular flexibility index (Phi) is 1.67. The summed E-state index contributed by atoms with van der Waals surface area (Å²) in [5.74, 6) is 1.06. The molecule has 1 spiro atoms. The van der Waals surface area contributed by atoms with Gasteiger partial charge in [-0.05, 0) is 42.9 Å². The third-order valence-electron chi connectivity index (χ3n) is 5.66. The van der Waals surface area contributed by atoms with Crippen molar-refractivity contribution in [2.24, 2.45) is 16.7 Å². The third-order valence-corrected chi connectivity index (χ3v) is 5.66. The Labute approximate surface area is 86.3 Å². The minimum atomic E-state index is 0.461. The zero-order valence-corrected chi connectivity index (χ0v) is 9.14. The van der Waals surface area contributed by atoms with Gasteiger partial charge in [-0.25, -0.2) is 0 Å². The fraction of sp³-hybridized carbons (Fsp3) is 0.923. The SMILES string of the molecule is C[C@@]12CCCC[C@@]13CCC(=O)[C@H]3CC2. The largest absolute Gasteiger partial charge is 0.299 e. The van der Waals surface area contributed by atoms with Gasteiger partial charge in [0.15, 0.2) is 0 Å². The van der Waals surface area contributed by atoms with E-state index in [1.54, 1.807) is 0 Å². The van der Waals surface area contributed by atoms with Gasteiger partial charge in [-0.2, -0.15) is 0 Å². The molecular weight excluding hydrogens is 172 g/mol. The van der Waals surface area contributed by atoms with E-state index in [1.165, 1.54) is 44.9 Å². The average molecular weight is 192 g/mol. The van der Waals surface area contributed by atoms with Crippen LogP contribution in [0.1, 0.15) is 58.3 Å². The lowest BCUT2D eigenvalue weighted by molar-refractivity contribution is -0.123. The Balaban J connectivity index is 2.03. The van der Waals surface area contributed by atoms with Gasteiger partial charge in [0.2, 0.25) is 0 Å². The first-order valence-electron chi connectivity index (χ1n) is 6.21. The highest BCUT2D eigenvalue weighted by molar-refractivity contribution is 5.85. The molecule has 0 amide bonds. The van der Waals surface area contributed by atoms with Gasteiger partial charge in [0.05, 0.1) is 0 Å². The minimum Gasteiger partial charge on any atom is -0.299 e. The average Bonchev–Trinajstić information content (AvgIpc) is 2.63. The lowest BCUT2D eigenvalue weighted by Crippen LogP contribution is -2.40. The molecule has 0 N–H and O–H groups in total. The second-order valence-corrected chi connectivity index (χ2v) is 5.98. The van der Waals surface area contributed by atoms with Crippen molar-refractivity contribution in [1.29, 1.82) is 0 Å². The molecule has 0 bridgehead atoms. The fourth-order valence-corrected chi connectivity index (χ4v) is 4.80. The van der Waals surface area contributed by atoms with Gasteiger partial charge in [-0.3, -0.25) is 4.79 Å². The van der Waals surface area contributed by atoms with Crippen LogP contribution in [0, 0.1) is 16.7 Å². The number of carbonyl (C=O) groups excluding carboxylic acids is 1. The van der Waals surface area contributed by atoms with Gasteiger partial charge in [0.1, 0.15) is 5.78 Å². The topological polar surface area (TPSA) is 17.1 Å². The molecule has 14 heavy (non-hydrogen) atoms. The lowest BCUT2D eigenvalue weighted by Gasteiger charge is -2.47. The van der Waals surface area contributed by atoms with Crippen molar-refractivity contribution in [3.63, 3.8) is 0 Å². The van der Waals surface area contributed by atoms with E-state index < -0.39 is 0 Å². The first kappa shape index (κ1) is 8.94. The van der Waals surface area contributed by atoms with Crippen molar-refractivity contribution in [3.8, 4) is 0 Å². The number of hydrogen-bond acceptors (Lipinski definition) is 1. The van der Waals surface area contributed by atoms with Crippen LogP contribution in [-0.4, -0.2) is 5.78 Å². The van der Waals surface area contributed by atoms with Crippen LogP contribution < -0.4 is 0 Å². The molecule has 3 atom stereocenters. The van der Waals surface area contributed by atoms with Gasteiger partial charge in [-0.15, -0.1) is 0 Å². The molecule has 78 valence electrons. The molecule has 0 aromatic carbocycles. The predicted octanol–water partition coefficient (Wildman–Crippen LogP) is 3.33. The maximum Gasteiger partial charge on any atom is 0.136 e. The van der Waals surface area contributed by atoms with Gasteiger partial charge >= 0.3 is 0 Å². The molecule has 1 heteroatoms. The second-order valence-electron chi connectivity index (χ2n) is 5.98. The van der Waals surface area contributed by atoms with Gasteiger partial charge in [0.25, 0.3) is 0 Å². The van der Waals surface area contributed by atoms with Gasteiger partial charge < -0.3 is 0 Å². The molecule has 0 aliphatic heterocycles. The maximum absolute atomic E-state index is 11.8. The third kappa shape index (κ3) is 0.844. The van der Waals surface area contributed by atoms with Crippen LogP contribution in [0.3, 0.4) is 0 Å². The Hall–Kier alpha value is -0.330. The monoisotopic (exact) mass is 192 g/mol. The van der Waals surface area contributed by atoms with Crippen molar-refractivity contribution in [3.05, 3.63) is 0 Å². The number of hydrogen-bond donors (Lipinski definition) is 0. The second kappa shape index (κ2) is 2.62. The zero-order valence-electron chi connectivity index (χ0n) is 9.14. The summed E-state index contributed by atoms with van der Waals surface area (Å²) in [5.41, 5.74) is 0.990. The molecule has 0 radical (unpaired) electrons. The van der Waals surface area contributed by atoms with Gasteiger partial charge in [-0.1, -0.05) is 19.8 Å². The normalized spacial score (nSPS) is 51.8. The van der Waals surface area contributed by atoms with Crippen molar-refractivity contribution < 1.29 is 4.79 Å². The van der Waals surface area contributed by atoms with Crippen LogP contribution in [0.2, 0.25) is 0 Å². The van der Waals surface area contributed by atoms with Crippen molar-refractivity contribution in [1.82, 2.24) is 0 Å². The van der Waals surface area contributed by atoms with Crippen LogP contribution in [0.5, 0.6) is 0 Å². The standard InChI is InChI=1S/C13H20O/c1-12-6-2-3-7-13(12)9-5-11(14)10(13)4-8-12/h10H,2-9H2,1H3/t10-,12+,13+/m1/s1. The number of carbonyl (C=O) groups is 1. The van der Waals surface area contributed by atoms with E-state index >= 15 is 0 Å². The van der Waals surface area contributed by atoms with Crippen LogP contribution in [0.4, 0.5) is 0 Å². The minimum absolute atomic E-state index is 0.461. The Bertz CT molecular complexity index is 283. The van der Waals surface area contributed by atoms with Crippen molar-refractivity contribution in [2.75, 3.05) is 0 Å². The summed E-state index contributed by atoms with van der Waals surface area (Å²) in [6.07, 6.45) is 10.1. The van der Waals surface area contributed by atoms with E-state index in [1.807, 2.05) is 0 Å².